The van der Waals surface area contributed by atoms with Crippen LogP contribution in [-0.4, -0.2) is 60.7 Å². The molecule has 0 spiro atoms. The highest BCUT2D eigenvalue weighted by Crippen LogP contribution is 2.41. The fourth-order valence-corrected chi connectivity index (χ4v) is 5.97. The SMILES string of the molecule is Cc1ncc(C(F)(F)F)c(-c2cc3c(s2)C(=O)N(C2COC2)CCS3(=O)=O)n1. The van der Waals surface area contributed by atoms with E-state index in [1.807, 2.05) is 0 Å². The summed E-state index contributed by atoms with van der Waals surface area (Å²) in [7, 11) is -3.83. The zero-order chi connectivity index (χ0) is 20.3. The summed E-state index contributed by atoms with van der Waals surface area (Å²) in [5.74, 6) is -0.707. The highest BCUT2D eigenvalue weighted by molar-refractivity contribution is 7.91. The second-order valence-electron chi connectivity index (χ2n) is 6.49. The first-order valence-electron chi connectivity index (χ1n) is 8.24. The van der Waals surface area contributed by atoms with Crippen LogP contribution >= 0.6 is 11.3 Å². The van der Waals surface area contributed by atoms with Gasteiger partial charge in [-0.3, -0.25) is 4.79 Å². The second kappa shape index (κ2) is 6.49. The van der Waals surface area contributed by atoms with Crippen molar-refractivity contribution in [1.29, 1.82) is 0 Å². The minimum Gasteiger partial charge on any atom is -0.377 e. The molecule has 2 aliphatic rings. The van der Waals surface area contributed by atoms with Crippen molar-refractivity contribution in [2.45, 2.75) is 24.0 Å². The van der Waals surface area contributed by atoms with Gasteiger partial charge >= 0.3 is 6.18 Å². The molecule has 1 saturated heterocycles. The highest BCUT2D eigenvalue weighted by atomic mass is 32.2. The van der Waals surface area contributed by atoms with E-state index < -0.39 is 33.2 Å². The fraction of sp³-hybridized carbons (Fsp3) is 0.438. The first-order chi connectivity index (χ1) is 13.1. The lowest BCUT2D eigenvalue weighted by Crippen LogP contribution is -2.52. The molecular weight excluding hydrogens is 419 g/mol. The lowest BCUT2D eigenvalue weighted by atomic mass is 10.2. The summed E-state index contributed by atoms with van der Waals surface area (Å²) in [6, 6.07) is 0.886. The van der Waals surface area contributed by atoms with Crippen LogP contribution < -0.4 is 0 Å². The summed E-state index contributed by atoms with van der Waals surface area (Å²) < 4.78 is 70.5. The first-order valence-corrected chi connectivity index (χ1v) is 10.7. The normalized spacial score (nSPS) is 19.9. The summed E-state index contributed by atoms with van der Waals surface area (Å²) in [6.07, 6.45) is -4.06. The smallest absolute Gasteiger partial charge is 0.377 e. The number of thiophene rings is 1. The van der Waals surface area contributed by atoms with Gasteiger partial charge in [-0.2, -0.15) is 13.2 Å². The van der Waals surface area contributed by atoms with Gasteiger partial charge in [0.05, 0.1) is 40.5 Å². The summed E-state index contributed by atoms with van der Waals surface area (Å²) in [5.41, 5.74) is -1.51. The number of sulfone groups is 1. The van der Waals surface area contributed by atoms with E-state index in [1.165, 1.54) is 11.8 Å². The predicted octanol–water partition coefficient (Wildman–Crippen LogP) is 2.16. The molecule has 0 aromatic carbocycles. The van der Waals surface area contributed by atoms with Crippen molar-refractivity contribution in [2.24, 2.45) is 0 Å². The number of alkyl halides is 3. The molecule has 4 rings (SSSR count). The Balaban J connectivity index is 1.87. The molecule has 150 valence electrons. The van der Waals surface area contributed by atoms with Crippen molar-refractivity contribution >= 4 is 27.1 Å². The Labute approximate surface area is 162 Å². The average Bonchev–Trinajstić information content (AvgIpc) is 2.98. The lowest BCUT2D eigenvalue weighted by molar-refractivity contribution is -0.137. The van der Waals surface area contributed by atoms with Crippen molar-refractivity contribution in [3.05, 3.63) is 28.5 Å². The van der Waals surface area contributed by atoms with E-state index in [4.69, 9.17) is 4.74 Å². The molecule has 0 N–H and O–H groups in total. The number of ether oxygens (including phenoxy) is 1. The number of aromatic nitrogens is 2. The summed E-state index contributed by atoms with van der Waals surface area (Å²) >= 11 is 0.705. The Morgan fingerprint density at radius 2 is 2.04 bits per heavy atom. The predicted molar refractivity (Wildman–Crippen MR) is 92.8 cm³/mol. The number of fused-ring (bicyclic) bond motifs is 1. The quantitative estimate of drug-likeness (QED) is 0.721. The van der Waals surface area contributed by atoms with Gasteiger partial charge in [0.25, 0.3) is 5.91 Å². The molecule has 0 bridgehead atoms. The van der Waals surface area contributed by atoms with Gasteiger partial charge in [-0.15, -0.1) is 11.3 Å². The molecule has 2 aromatic heterocycles. The third-order valence-corrected chi connectivity index (χ3v) is 7.57. The number of hydrogen-bond donors (Lipinski definition) is 0. The Kier molecular flexibility index (Phi) is 4.47. The van der Waals surface area contributed by atoms with Crippen LogP contribution in [0.25, 0.3) is 10.6 Å². The minimum absolute atomic E-state index is 0.0202. The number of nitrogens with zero attached hydrogens (tertiary/aromatic N) is 3. The lowest BCUT2D eigenvalue weighted by Gasteiger charge is -2.36. The van der Waals surface area contributed by atoms with Crippen LogP contribution in [0.5, 0.6) is 0 Å². The van der Waals surface area contributed by atoms with Crippen molar-refractivity contribution in [2.75, 3.05) is 25.5 Å². The highest BCUT2D eigenvalue weighted by Gasteiger charge is 2.40. The van der Waals surface area contributed by atoms with Crippen molar-refractivity contribution in [3.63, 3.8) is 0 Å². The molecule has 1 amide bonds. The molecule has 12 heteroatoms. The van der Waals surface area contributed by atoms with Gasteiger partial charge in [0.1, 0.15) is 16.3 Å². The third-order valence-electron chi connectivity index (χ3n) is 4.60. The molecule has 0 radical (unpaired) electrons. The molecule has 1 fully saturated rings. The maximum Gasteiger partial charge on any atom is 0.420 e. The largest absolute Gasteiger partial charge is 0.420 e. The van der Waals surface area contributed by atoms with Crippen LogP contribution in [0, 0.1) is 6.92 Å². The van der Waals surface area contributed by atoms with Crippen LogP contribution in [-0.2, 0) is 20.8 Å². The Hall–Kier alpha value is -2.05. The fourth-order valence-electron chi connectivity index (χ4n) is 3.05. The van der Waals surface area contributed by atoms with E-state index in [2.05, 4.69) is 9.97 Å². The van der Waals surface area contributed by atoms with Gasteiger partial charge in [0.15, 0.2) is 9.84 Å². The molecule has 0 saturated carbocycles. The van der Waals surface area contributed by atoms with E-state index >= 15 is 0 Å². The number of rotatable bonds is 2. The first kappa shape index (κ1) is 19.3. The van der Waals surface area contributed by atoms with Gasteiger partial charge in [0.2, 0.25) is 0 Å². The topological polar surface area (TPSA) is 89.5 Å². The van der Waals surface area contributed by atoms with Gasteiger partial charge in [0, 0.05) is 12.7 Å². The van der Waals surface area contributed by atoms with E-state index in [9.17, 15) is 26.4 Å². The zero-order valence-corrected chi connectivity index (χ0v) is 16.1. The van der Waals surface area contributed by atoms with Gasteiger partial charge in [-0.1, -0.05) is 0 Å². The number of carbonyl (C=O) groups is 1. The van der Waals surface area contributed by atoms with E-state index in [0.29, 0.717) is 30.7 Å². The van der Waals surface area contributed by atoms with Gasteiger partial charge in [-0.25, -0.2) is 18.4 Å². The Bertz CT molecular complexity index is 1060. The number of aryl methyl sites for hydroxylation is 1. The van der Waals surface area contributed by atoms with Crippen LogP contribution in [0.2, 0.25) is 0 Å². The number of halogens is 3. The number of carbonyl (C=O) groups excluding carboxylic acids is 1. The Morgan fingerprint density at radius 3 is 2.64 bits per heavy atom. The molecule has 0 aliphatic carbocycles. The van der Waals surface area contributed by atoms with Crippen LogP contribution in [0.15, 0.2) is 17.2 Å². The molecule has 28 heavy (non-hydrogen) atoms. The number of hydrogen-bond acceptors (Lipinski definition) is 7. The molecule has 7 nitrogen and oxygen atoms in total. The van der Waals surface area contributed by atoms with Crippen LogP contribution in [0.3, 0.4) is 0 Å². The summed E-state index contributed by atoms with van der Waals surface area (Å²) in [6.45, 7) is 2.07. The summed E-state index contributed by atoms with van der Waals surface area (Å²) in [5, 5.41) is 0. The van der Waals surface area contributed by atoms with Crippen LogP contribution in [0.1, 0.15) is 21.1 Å². The van der Waals surface area contributed by atoms with Gasteiger partial charge in [-0.05, 0) is 13.0 Å². The molecule has 4 heterocycles. The number of amides is 1. The molecule has 2 aromatic rings. The standard InChI is InChI=1S/C16H14F3N3O4S2/c1-8-20-5-10(16(17,18)19)13(21-8)11-4-12-14(27-11)15(23)22(9-6-26-7-9)2-3-28(12,24)25/h4-5,9H,2-3,6-7H2,1H3. The molecule has 0 unspecified atom stereocenters. The van der Waals surface area contributed by atoms with Crippen molar-refractivity contribution in [3.8, 4) is 10.6 Å². The Morgan fingerprint density at radius 1 is 1.32 bits per heavy atom. The molecular formula is C16H14F3N3O4S2. The monoisotopic (exact) mass is 433 g/mol. The molecule has 0 atom stereocenters. The zero-order valence-electron chi connectivity index (χ0n) is 14.5. The minimum atomic E-state index is -4.72. The molecule has 2 aliphatic heterocycles. The summed E-state index contributed by atoms with van der Waals surface area (Å²) in [4.78, 5) is 21.4. The third kappa shape index (κ3) is 3.18. The van der Waals surface area contributed by atoms with Crippen LogP contribution in [0.4, 0.5) is 13.2 Å². The van der Waals surface area contributed by atoms with Gasteiger partial charge < -0.3 is 9.64 Å². The maximum absolute atomic E-state index is 13.4. The maximum atomic E-state index is 13.4. The van der Waals surface area contributed by atoms with E-state index in [0.717, 1.165) is 6.07 Å². The van der Waals surface area contributed by atoms with E-state index in [-0.39, 0.29) is 38.8 Å². The van der Waals surface area contributed by atoms with E-state index in [1.54, 1.807) is 0 Å². The van der Waals surface area contributed by atoms with Crippen molar-refractivity contribution in [1.82, 2.24) is 14.9 Å². The second-order valence-corrected chi connectivity index (χ2v) is 9.62. The average molecular weight is 433 g/mol. The van der Waals surface area contributed by atoms with Crippen molar-refractivity contribution < 1.29 is 31.1 Å².